The summed E-state index contributed by atoms with van der Waals surface area (Å²) in [6.07, 6.45) is 3.69. The molecule has 0 aliphatic carbocycles. The molecule has 1 saturated heterocycles. The first kappa shape index (κ1) is 25.9. The predicted octanol–water partition coefficient (Wildman–Crippen LogP) is 6.03. The number of likely N-dealkylation sites (tertiary alicyclic amines) is 1. The number of aromatic nitrogens is 1. The molecule has 1 aliphatic rings. The van der Waals surface area contributed by atoms with Crippen molar-refractivity contribution in [1.82, 2.24) is 15.2 Å². The van der Waals surface area contributed by atoms with Crippen LogP contribution < -0.4 is 5.32 Å². The zero-order valence-corrected chi connectivity index (χ0v) is 20.9. The van der Waals surface area contributed by atoms with Crippen LogP contribution in [0.5, 0.6) is 0 Å². The van der Waals surface area contributed by atoms with Crippen LogP contribution in [0.2, 0.25) is 5.15 Å². The smallest absolute Gasteiger partial charge is 0.243 e. The third kappa shape index (κ3) is 6.80. The van der Waals surface area contributed by atoms with Crippen LogP contribution in [-0.4, -0.2) is 34.3 Å². The lowest BCUT2D eigenvalue weighted by atomic mass is 9.91. The molecule has 1 aliphatic heterocycles. The summed E-state index contributed by atoms with van der Waals surface area (Å²) < 4.78 is 0. The van der Waals surface area contributed by atoms with Crippen molar-refractivity contribution in [3.8, 4) is 11.1 Å². The molecule has 0 spiro atoms. The van der Waals surface area contributed by atoms with Gasteiger partial charge < -0.3 is 10.2 Å². The Kier molecular flexibility index (Phi) is 9.26. The molecular formula is C26H36ClN3O2. The topological polar surface area (TPSA) is 62.3 Å². The molecule has 2 heterocycles. The lowest BCUT2D eigenvalue weighted by Crippen LogP contribution is -2.47. The van der Waals surface area contributed by atoms with E-state index >= 15 is 0 Å². The molecule has 1 fully saturated rings. The fourth-order valence-electron chi connectivity index (χ4n) is 3.84. The quantitative estimate of drug-likeness (QED) is 0.557. The summed E-state index contributed by atoms with van der Waals surface area (Å²) >= 11 is 6.18. The van der Waals surface area contributed by atoms with Gasteiger partial charge in [-0.3, -0.25) is 9.59 Å². The zero-order chi connectivity index (χ0) is 23.9. The van der Waals surface area contributed by atoms with E-state index in [9.17, 15) is 9.59 Å². The van der Waals surface area contributed by atoms with E-state index in [-0.39, 0.29) is 29.3 Å². The van der Waals surface area contributed by atoms with Crippen LogP contribution in [0.1, 0.15) is 72.4 Å². The van der Waals surface area contributed by atoms with Crippen molar-refractivity contribution in [2.75, 3.05) is 6.54 Å². The van der Waals surface area contributed by atoms with Gasteiger partial charge in [0.25, 0.3) is 0 Å². The molecular weight excluding hydrogens is 422 g/mol. The summed E-state index contributed by atoms with van der Waals surface area (Å²) in [5.74, 6) is -0.0212. The zero-order valence-electron chi connectivity index (χ0n) is 20.1. The van der Waals surface area contributed by atoms with Crippen molar-refractivity contribution in [3.63, 3.8) is 0 Å². The number of hydrogen-bond donors (Lipinski definition) is 1. The molecule has 1 aromatic carbocycles. The second kappa shape index (κ2) is 11.5. The third-order valence-electron chi connectivity index (χ3n) is 5.40. The number of carbonyl (C=O) groups excluding carboxylic acids is 2. The van der Waals surface area contributed by atoms with Gasteiger partial charge in [0.05, 0.1) is 6.04 Å². The highest BCUT2D eigenvalue weighted by molar-refractivity contribution is 6.32. The van der Waals surface area contributed by atoms with E-state index in [1.165, 1.54) is 0 Å². The molecule has 0 bridgehead atoms. The van der Waals surface area contributed by atoms with Crippen LogP contribution in [0.4, 0.5) is 0 Å². The van der Waals surface area contributed by atoms with Gasteiger partial charge in [-0.1, -0.05) is 70.5 Å². The lowest BCUT2D eigenvalue weighted by Gasteiger charge is -2.28. The standard InChI is InChI=1S/C24H30ClN3O2.C2H6/c1-16(17-9-11-18(12-10-17)19-7-5-13-26-22(19)25)27-23(30)20-8-6-14-28(20)21(29)15-24(2,3)4;1-2/h5,7,9-13,16,20H,6,8,14-15H2,1-4H3,(H,27,30);1-2H3. The molecule has 32 heavy (non-hydrogen) atoms. The van der Waals surface area contributed by atoms with Crippen LogP contribution in [0, 0.1) is 5.41 Å². The molecule has 6 heteroatoms. The van der Waals surface area contributed by atoms with Crippen LogP contribution in [0.15, 0.2) is 42.6 Å². The number of benzene rings is 1. The summed E-state index contributed by atoms with van der Waals surface area (Å²) in [5.41, 5.74) is 2.76. The Bertz CT molecular complexity index is 906. The minimum absolute atomic E-state index is 0.0607. The first-order chi connectivity index (χ1) is 15.2. The van der Waals surface area contributed by atoms with Crippen LogP contribution in [0.25, 0.3) is 11.1 Å². The SMILES string of the molecule is CC.CC(NC(=O)C1CCCN1C(=O)CC(C)(C)C)c1ccc(-c2cccnc2Cl)cc1. The number of rotatable bonds is 5. The molecule has 3 rings (SSSR count). The maximum Gasteiger partial charge on any atom is 0.243 e. The molecule has 2 atom stereocenters. The van der Waals surface area contributed by atoms with Gasteiger partial charge in [0.1, 0.15) is 11.2 Å². The largest absolute Gasteiger partial charge is 0.348 e. The number of carbonyl (C=O) groups is 2. The normalized spacial score (nSPS) is 16.7. The van der Waals surface area contributed by atoms with Crippen molar-refractivity contribution >= 4 is 23.4 Å². The van der Waals surface area contributed by atoms with Gasteiger partial charge >= 0.3 is 0 Å². The first-order valence-electron chi connectivity index (χ1n) is 11.5. The highest BCUT2D eigenvalue weighted by Gasteiger charge is 2.35. The summed E-state index contributed by atoms with van der Waals surface area (Å²) in [7, 11) is 0. The summed E-state index contributed by atoms with van der Waals surface area (Å²) in [5, 5.41) is 3.55. The van der Waals surface area contributed by atoms with E-state index < -0.39 is 0 Å². The molecule has 0 radical (unpaired) electrons. The number of amides is 2. The van der Waals surface area contributed by atoms with Gasteiger partial charge in [0.2, 0.25) is 11.8 Å². The van der Waals surface area contributed by atoms with Crippen molar-refractivity contribution in [2.24, 2.45) is 5.41 Å². The second-order valence-electron chi connectivity index (χ2n) is 9.18. The average Bonchev–Trinajstić information content (AvgIpc) is 3.25. The fraction of sp³-hybridized carbons (Fsp3) is 0.500. The minimum Gasteiger partial charge on any atom is -0.348 e. The van der Waals surface area contributed by atoms with Gasteiger partial charge in [-0.2, -0.15) is 0 Å². The fourth-order valence-corrected chi connectivity index (χ4v) is 4.07. The Hall–Kier alpha value is -2.40. The molecule has 2 aromatic rings. The monoisotopic (exact) mass is 457 g/mol. The molecule has 174 valence electrons. The Morgan fingerprint density at radius 1 is 1.19 bits per heavy atom. The van der Waals surface area contributed by atoms with Crippen LogP contribution in [-0.2, 0) is 9.59 Å². The minimum atomic E-state index is -0.379. The van der Waals surface area contributed by atoms with E-state index in [1.807, 2.05) is 77.9 Å². The number of hydrogen-bond acceptors (Lipinski definition) is 3. The Morgan fingerprint density at radius 3 is 2.44 bits per heavy atom. The summed E-state index contributed by atoms with van der Waals surface area (Å²) in [6.45, 7) is 12.7. The third-order valence-corrected chi connectivity index (χ3v) is 5.70. The van der Waals surface area contributed by atoms with Crippen LogP contribution in [0.3, 0.4) is 0 Å². The van der Waals surface area contributed by atoms with Crippen molar-refractivity contribution in [2.45, 2.75) is 72.9 Å². The summed E-state index contributed by atoms with van der Waals surface area (Å²) in [6, 6.07) is 11.2. The second-order valence-corrected chi connectivity index (χ2v) is 9.53. The van der Waals surface area contributed by atoms with Gasteiger partial charge in [-0.15, -0.1) is 0 Å². The van der Waals surface area contributed by atoms with Crippen LogP contribution >= 0.6 is 11.6 Å². The molecule has 2 unspecified atom stereocenters. The number of nitrogens with zero attached hydrogens (tertiary/aromatic N) is 2. The number of pyridine rings is 1. The van der Waals surface area contributed by atoms with E-state index in [0.717, 1.165) is 23.1 Å². The number of halogens is 1. The lowest BCUT2D eigenvalue weighted by molar-refractivity contribution is -0.140. The molecule has 1 N–H and O–H groups in total. The first-order valence-corrected chi connectivity index (χ1v) is 11.8. The summed E-state index contributed by atoms with van der Waals surface area (Å²) in [4.78, 5) is 31.4. The van der Waals surface area contributed by atoms with Crippen molar-refractivity contribution in [1.29, 1.82) is 0 Å². The molecule has 2 amide bonds. The number of nitrogens with one attached hydrogen (secondary N) is 1. The van der Waals surface area contributed by atoms with Gasteiger partial charge in [0, 0.05) is 24.7 Å². The van der Waals surface area contributed by atoms with Gasteiger partial charge in [-0.05, 0) is 48.4 Å². The van der Waals surface area contributed by atoms with E-state index in [1.54, 1.807) is 11.1 Å². The molecule has 5 nitrogen and oxygen atoms in total. The van der Waals surface area contributed by atoms with Gasteiger partial charge in [-0.25, -0.2) is 4.98 Å². The molecule has 0 saturated carbocycles. The Balaban J connectivity index is 0.00000176. The maximum absolute atomic E-state index is 12.9. The van der Waals surface area contributed by atoms with Gasteiger partial charge in [0.15, 0.2) is 0 Å². The Morgan fingerprint density at radius 2 is 1.84 bits per heavy atom. The van der Waals surface area contributed by atoms with E-state index in [4.69, 9.17) is 11.6 Å². The maximum atomic E-state index is 12.9. The van der Waals surface area contributed by atoms with Crippen molar-refractivity contribution < 1.29 is 9.59 Å². The average molecular weight is 458 g/mol. The highest BCUT2D eigenvalue weighted by atomic mass is 35.5. The Labute approximate surface area is 197 Å². The van der Waals surface area contributed by atoms with E-state index in [0.29, 0.717) is 24.5 Å². The predicted molar refractivity (Wildman–Crippen MR) is 131 cm³/mol. The highest BCUT2D eigenvalue weighted by Crippen LogP contribution is 2.28. The molecule has 1 aromatic heterocycles. The van der Waals surface area contributed by atoms with Crippen molar-refractivity contribution in [3.05, 3.63) is 53.3 Å². The van der Waals surface area contributed by atoms with E-state index in [2.05, 4.69) is 10.3 Å².